The molecule has 100 valence electrons. The standard InChI is InChI=1S/C16H19NOS/c18-16(10-12-5-8-19-9-6-12)14-4-3-13-2-1-7-17-15(13)11-14/h1-4,7,11-12,16,18H,5-6,8-10H2. The van der Waals surface area contributed by atoms with Gasteiger partial charge in [0.2, 0.25) is 0 Å². The van der Waals surface area contributed by atoms with Gasteiger partial charge >= 0.3 is 0 Å². The first-order valence-corrected chi connectivity index (χ1v) is 8.09. The third kappa shape index (κ3) is 3.10. The van der Waals surface area contributed by atoms with Crippen LogP contribution in [0.2, 0.25) is 0 Å². The number of rotatable bonds is 3. The predicted molar refractivity (Wildman–Crippen MR) is 81.4 cm³/mol. The average Bonchev–Trinajstić information content (AvgIpc) is 2.48. The van der Waals surface area contributed by atoms with Crippen molar-refractivity contribution in [2.24, 2.45) is 5.92 Å². The number of hydrogen-bond donors (Lipinski definition) is 1. The minimum Gasteiger partial charge on any atom is -0.388 e. The number of nitrogens with zero attached hydrogens (tertiary/aromatic N) is 1. The van der Waals surface area contributed by atoms with Crippen molar-refractivity contribution in [3.05, 3.63) is 42.1 Å². The lowest BCUT2D eigenvalue weighted by molar-refractivity contribution is 0.141. The minimum absolute atomic E-state index is 0.348. The molecule has 0 bridgehead atoms. The summed E-state index contributed by atoms with van der Waals surface area (Å²) in [6, 6.07) is 10.1. The number of aliphatic hydroxyl groups excluding tert-OH is 1. The lowest BCUT2D eigenvalue weighted by Crippen LogP contribution is -2.13. The zero-order chi connectivity index (χ0) is 13.1. The van der Waals surface area contributed by atoms with Crippen LogP contribution in [0.1, 0.15) is 30.9 Å². The van der Waals surface area contributed by atoms with Gasteiger partial charge in [0.25, 0.3) is 0 Å². The summed E-state index contributed by atoms with van der Waals surface area (Å²) in [5, 5.41) is 11.5. The van der Waals surface area contributed by atoms with Crippen LogP contribution in [0.25, 0.3) is 10.9 Å². The molecule has 19 heavy (non-hydrogen) atoms. The van der Waals surface area contributed by atoms with Gasteiger partial charge in [-0.2, -0.15) is 11.8 Å². The Labute approximate surface area is 118 Å². The maximum atomic E-state index is 10.4. The molecule has 0 radical (unpaired) electrons. The monoisotopic (exact) mass is 273 g/mol. The van der Waals surface area contributed by atoms with Crippen LogP contribution in [0.15, 0.2) is 36.5 Å². The van der Waals surface area contributed by atoms with Crippen LogP contribution in [0, 0.1) is 5.92 Å². The highest BCUT2D eigenvalue weighted by molar-refractivity contribution is 7.99. The van der Waals surface area contributed by atoms with E-state index in [4.69, 9.17) is 0 Å². The van der Waals surface area contributed by atoms with Crippen molar-refractivity contribution in [3.63, 3.8) is 0 Å². The van der Waals surface area contributed by atoms with Crippen molar-refractivity contribution in [1.82, 2.24) is 4.98 Å². The van der Waals surface area contributed by atoms with Gasteiger partial charge in [-0.3, -0.25) is 4.98 Å². The van der Waals surface area contributed by atoms with Gasteiger partial charge in [0, 0.05) is 11.6 Å². The van der Waals surface area contributed by atoms with E-state index in [0.29, 0.717) is 5.92 Å². The summed E-state index contributed by atoms with van der Waals surface area (Å²) in [7, 11) is 0. The van der Waals surface area contributed by atoms with Gasteiger partial charge in [0.15, 0.2) is 0 Å². The molecule has 1 aromatic heterocycles. The summed E-state index contributed by atoms with van der Waals surface area (Å²) >= 11 is 2.03. The maximum absolute atomic E-state index is 10.4. The van der Waals surface area contributed by atoms with Gasteiger partial charge in [-0.15, -0.1) is 0 Å². The molecule has 3 heteroatoms. The fourth-order valence-electron chi connectivity index (χ4n) is 2.72. The molecule has 1 aromatic carbocycles. The molecule has 1 saturated heterocycles. The Bertz CT molecular complexity index is 551. The molecule has 0 aliphatic carbocycles. The van der Waals surface area contributed by atoms with Crippen molar-refractivity contribution >= 4 is 22.7 Å². The molecule has 2 aromatic rings. The second-order valence-electron chi connectivity index (χ2n) is 5.26. The van der Waals surface area contributed by atoms with Crippen molar-refractivity contribution in [2.75, 3.05) is 11.5 Å². The Morgan fingerprint density at radius 3 is 2.95 bits per heavy atom. The van der Waals surface area contributed by atoms with Gasteiger partial charge in [-0.05, 0) is 54.4 Å². The van der Waals surface area contributed by atoms with E-state index in [-0.39, 0.29) is 6.10 Å². The number of hydrogen-bond acceptors (Lipinski definition) is 3. The van der Waals surface area contributed by atoms with E-state index in [2.05, 4.69) is 17.1 Å². The van der Waals surface area contributed by atoms with Gasteiger partial charge in [0.05, 0.1) is 11.6 Å². The Balaban J connectivity index is 1.75. The Morgan fingerprint density at radius 1 is 1.26 bits per heavy atom. The van der Waals surface area contributed by atoms with Crippen LogP contribution in [-0.2, 0) is 0 Å². The molecular formula is C16H19NOS. The van der Waals surface area contributed by atoms with Crippen molar-refractivity contribution in [2.45, 2.75) is 25.4 Å². The molecule has 2 nitrogen and oxygen atoms in total. The van der Waals surface area contributed by atoms with E-state index in [0.717, 1.165) is 22.9 Å². The van der Waals surface area contributed by atoms with Gasteiger partial charge in [-0.1, -0.05) is 18.2 Å². The number of aliphatic hydroxyl groups is 1. The fraction of sp³-hybridized carbons (Fsp3) is 0.438. The topological polar surface area (TPSA) is 33.1 Å². The van der Waals surface area contributed by atoms with Crippen LogP contribution in [0.5, 0.6) is 0 Å². The Kier molecular flexibility index (Phi) is 4.04. The molecule has 0 saturated carbocycles. The zero-order valence-corrected chi connectivity index (χ0v) is 11.8. The molecule has 0 amide bonds. The SMILES string of the molecule is OC(CC1CCSCC1)c1ccc2cccnc2c1. The normalized spacial score (nSPS) is 18.6. The summed E-state index contributed by atoms with van der Waals surface area (Å²) in [6.07, 6.45) is 4.83. The Hall–Kier alpha value is -1.06. The molecule has 1 N–H and O–H groups in total. The summed E-state index contributed by atoms with van der Waals surface area (Å²) in [5.74, 6) is 3.17. The quantitative estimate of drug-likeness (QED) is 0.923. The number of benzene rings is 1. The summed E-state index contributed by atoms with van der Waals surface area (Å²) < 4.78 is 0. The van der Waals surface area contributed by atoms with Crippen LogP contribution < -0.4 is 0 Å². The first kappa shape index (κ1) is 12.9. The molecule has 0 spiro atoms. The molecule has 2 heterocycles. The van der Waals surface area contributed by atoms with E-state index in [9.17, 15) is 5.11 Å². The minimum atomic E-state index is -0.348. The Morgan fingerprint density at radius 2 is 2.11 bits per heavy atom. The first-order chi connectivity index (χ1) is 9.33. The molecule has 1 fully saturated rings. The second-order valence-corrected chi connectivity index (χ2v) is 6.49. The zero-order valence-electron chi connectivity index (χ0n) is 11.0. The lowest BCUT2D eigenvalue weighted by Gasteiger charge is -2.24. The highest BCUT2D eigenvalue weighted by Gasteiger charge is 2.19. The van der Waals surface area contributed by atoms with Crippen LogP contribution >= 0.6 is 11.8 Å². The van der Waals surface area contributed by atoms with Crippen LogP contribution in [-0.4, -0.2) is 21.6 Å². The largest absolute Gasteiger partial charge is 0.388 e. The van der Waals surface area contributed by atoms with Gasteiger partial charge in [-0.25, -0.2) is 0 Å². The molecule has 1 atom stereocenters. The molecule has 1 unspecified atom stereocenters. The molecular weight excluding hydrogens is 254 g/mol. The van der Waals surface area contributed by atoms with Gasteiger partial charge < -0.3 is 5.11 Å². The van der Waals surface area contributed by atoms with Crippen LogP contribution in [0.4, 0.5) is 0 Å². The third-order valence-electron chi connectivity index (χ3n) is 3.91. The maximum Gasteiger partial charge on any atom is 0.0793 e. The predicted octanol–water partition coefficient (Wildman–Crippen LogP) is 3.80. The molecule has 1 aliphatic rings. The number of fused-ring (bicyclic) bond motifs is 1. The van der Waals surface area contributed by atoms with E-state index in [1.165, 1.54) is 24.3 Å². The average molecular weight is 273 g/mol. The number of aromatic nitrogens is 1. The number of thioether (sulfide) groups is 1. The smallest absolute Gasteiger partial charge is 0.0793 e. The van der Waals surface area contributed by atoms with Crippen molar-refractivity contribution < 1.29 is 5.11 Å². The fourth-order valence-corrected chi connectivity index (χ4v) is 3.93. The first-order valence-electron chi connectivity index (χ1n) is 6.93. The van der Waals surface area contributed by atoms with Crippen molar-refractivity contribution in [1.29, 1.82) is 0 Å². The lowest BCUT2D eigenvalue weighted by atomic mass is 9.92. The van der Waals surface area contributed by atoms with E-state index >= 15 is 0 Å². The second kappa shape index (κ2) is 5.93. The van der Waals surface area contributed by atoms with E-state index in [1.807, 2.05) is 30.0 Å². The highest BCUT2D eigenvalue weighted by atomic mass is 32.2. The van der Waals surface area contributed by atoms with Crippen molar-refractivity contribution in [3.8, 4) is 0 Å². The third-order valence-corrected chi connectivity index (χ3v) is 4.96. The highest BCUT2D eigenvalue weighted by Crippen LogP contribution is 2.31. The summed E-state index contributed by atoms with van der Waals surface area (Å²) in [5.41, 5.74) is 1.97. The van der Waals surface area contributed by atoms with E-state index < -0.39 is 0 Å². The van der Waals surface area contributed by atoms with E-state index in [1.54, 1.807) is 6.20 Å². The molecule has 3 rings (SSSR count). The summed E-state index contributed by atoms with van der Waals surface area (Å²) in [4.78, 5) is 4.36. The van der Waals surface area contributed by atoms with Crippen LogP contribution in [0.3, 0.4) is 0 Å². The van der Waals surface area contributed by atoms with Gasteiger partial charge in [0.1, 0.15) is 0 Å². The number of pyridine rings is 1. The molecule has 1 aliphatic heterocycles. The summed E-state index contributed by atoms with van der Waals surface area (Å²) in [6.45, 7) is 0.